The normalized spacial score (nSPS) is 14.2. The van der Waals surface area contributed by atoms with Crippen LogP contribution >= 0.6 is 22.9 Å². The molecule has 0 radical (unpaired) electrons. The molecule has 1 aromatic heterocycles. The summed E-state index contributed by atoms with van der Waals surface area (Å²) in [7, 11) is 2.04. The molecule has 2 amide bonds. The zero-order valence-corrected chi connectivity index (χ0v) is 14.0. The van der Waals surface area contributed by atoms with Crippen molar-refractivity contribution in [3.05, 3.63) is 39.9 Å². The quantitative estimate of drug-likeness (QED) is 0.815. The Morgan fingerprint density at radius 3 is 2.87 bits per heavy atom. The fraction of sp³-hybridized carbons (Fsp3) is 0.267. The summed E-state index contributed by atoms with van der Waals surface area (Å²) in [6.45, 7) is 1.76. The van der Waals surface area contributed by atoms with Gasteiger partial charge in [-0.3, -0.25) is 14.9 Å². The van der Waals surface area contributed by atoms with E-state index in [0.29, 0.717) is 15.8 Å². The molecule has 1 aromatic carbocycles. The van der Waals surface area contributed by atoms with Gasteiger partial charge >= 0.3 is 11.8 Å². The van der Waals surface area contributed by atoms with Crippen molar-refractivity contribution in [1.29, 1.82) is 0 Å². The molecule has 0 spiro atoms. The number of carbonyl (C=O) groups excluding carboxylic acids is 2. The van der Waals surface area contributed by atoms with Gasteiger partial charge in [0.05, 0.1) is 5.69 Å². The van der Waals surface area contributed by atoms with Gasteiger partial charge in [0.25, 0.3) is 0 Å². The second-order valence-electron chi connectivity index (χ2n) is 5.30. The van der Waals surface area contributed by atoms with Crippen LogP contribution in [0.2, 0.25) is 5.02 Å². The molecule has 3 rings (SSSR count). The van der Waals surface area contributed by atoms with Crippen molar-refractivity contribution < 1.29 is 9.59 Å². The van der Waals surface area contributed by atoms with E-state index in [2.05, 4.69) is 20.5 Å². The van der Waals surface area contributed by atoms with E-state index in [4.69, 9.17) is 11.6 Å². The van der Waals surface area contributed by atoms with Crippen molar-refractivity contribution in [2.75, 3.05) is 24.2 Å². The molecule has 2 aromatic rings. The lowest BCUT2D eigenvalue weighted by molar-refractivity contribution is -0.132. The molecular formula is C15H15ClN4O2S. The maximum absolute atomic E-state index is 12.0. The third-order valence-corrected chi connectivity index (χ3v) is 4.66. The Morgan fingerprint density at radius 2 is 2.09 bits per heavy atom. The van der Waals surface area contributed by atoms with Crippen LogP contribution in [0.3, 0.4) is 0 Å². The van der Waals surface area contributed by atoms with E-state index < -0.39 is 11.8 Å². The van der Waals surface area contributed by atoms with Gasteiger partial charge in [0, 0.05) is 35.1 Å². The first-order valence-electron chi connectivity index (χ1n) is 7.06. The number of aromatic nitrogens is 1. The molecular weight excluding hydrogens is 336 g/mol. The van der Waals surface area contributed by atoms with E-state index in [1.807, 2.05) is 7.05 Å². The van der Waals surface area contributed by atoms with Crippen molar-refractivity contribution in [3.8, 4) is 0 Å². The Hall–Kier alpha value is -1.96. The highest BCUT2D eigenvalue weighted by atomic mass is 35.5. The maximum Gasteiger partial charge on any atom is 0.315 e. The number of benzene rings is 1. The molecule has 1 aliphatic rings. The summed E-state index contributed by atoms with van der Waals surface area (Å²) in [6, 6.07) is 6.62. The van der Waals surface area contributed by atoms with E-state index in [1.54, 1.807) is 24.3 Å². The van der Waals surface area contributed by atoms with Gasteiger partial charge in [0.15, 0.2) is 5.13 Å². The molecule has 2 heterocycles. The largest absolute Gasteiger partial charge is 0.318 e. The number of carbonyl (C=O) groups is 2. The van der Waals surface area contributed by atoms with Gasteiger partial charge in [0.2, 0.25) is 0 Å². The second kappa shape index (κ2) is 6.66. The number of nitrogens with one attached hydrogen (secondary N) is 2. The molecule has 8 heteroatoms. The summed E-state index contributed by atoms with van der Waals surface area (Å²) in [6.07, 6.45) is 0.854. The minimum Gasteiger partial charge on any atom is -0.318 e. The Kier molecular flexibility index (Phi) is 4.61. The van der Waals surface area contributed by atoms with Gasteiger partial charge in [-0.05, 0) is 25.2 Å². The van der Waals surface area contributed by atoms with Crippen LogP contribution in [0, 0.1) is 0 Å². The third kappa shape index (κ3) is 3.87. The van der Waals surface area contributed by atoms with Crippen LogP contribution in [0.5, 0.6) is 0 Å². The van der Waals surface area contributed by atoms with Crippen LogP contribution in [0.15, 0.2) is 24.3 Å². The monoisotopic (exact) mass is 350 g/mol. The molecule has 2 N–H and O–H groups in total. The first kappa shape index (κ1) is 15.9. The number of anilines is 2. The number of halogens is 1. The highest BCUT2D eigenvalue weighted by molar-refractivity contribution is 7.16. The maximum atomic E-state index is 12.0. The van der Waals surface area contributed by atoms with E-state index in [1.165, 1.54) is 11.3 Å². The standard InChI is InChI=1S/C15H15ClN4O2S/c1-20-6-5-11-12(8-20)23-15(18-11)19-14(22)13(21)17-10-4-2-3-9(16)7-10/h2-4,7H,5-6,8H2,1H3,(H,17,21)(H,18,19,22). The van der Waals surface area contributed by atoms with Gasteiger partial charge in [-0.1, -0.05) is 17.7 Å². The summed E-state index contributed by atoms with van der Waals surface area (Å²) in [5.74, 6) is -1.50. The number of fused-ring (bicyclic) bond motifs is 1. The lowest BCUT2D eigenvalue weighted by Gasteiger charge is -2.20. The molecule has 0 aliphatic carbocycles. The molecule has 6 nitrogen and oxygen atoms in total. The lowest BCUT2D eigenvalue weighted by Crippen LogP contribution is -2.29. The summed E-state index contributed by atoms with van der Waals surface area (Å²) < 4.78 is 0. The van der Waals surface area contributed by atoms with Gasteiger partial charge in [-0.25, -0.2) is 4.98 Å². The van der Waals surface area contributed by atoms with E-state index in [0.717, 1.165) is 30.1 Å². The highest BCUT2D eigenvalue weighted by Gasteiger charge is 2.21. The van der Waals surface area contributed by atoms with Crippen LogP contribution in [0.25, 0.3) is 0 Å². The molecule has 0 bridgehead atoms. The van der Waals surface area contributed by atoms with Crippen LogP contribution < -0.4 is 10.6 Å². The smallest absolute Gasteiger partial charge is 0.315 e. The summed E-state index contributed by atoms with van der Waals surface area (Å²) in [5.41, 5.74) is 1.47. The summed E-state index contributed by atoms with van der Waals surface area (Å²) in [5, 5.41) is 6.00. The number of likely N-dealkylation sites (N-methyl/N-ethyl adjacent to an activating group) is 1. The number of thiazole rings is 1. The Bertz CT molecular complexity index is 762. The topological polar surface area (TPSA) is 74.3 Å². The highest BCUT2D eigenvalue weighted by Crippen LogP contribution is 2.27. The van der Waals surface area contributed by atoms with Gasteiger partial charge in [-0.15, -0.1) is 11.3 Å². The minimum atomic E-state index is -0.752. The van der Waals surface area contributed by atoms with Crippen molar-refractivity contribution in [1.82, 2.24) is 9.88 Å². The first-order valence-corrected chi connectivity index (χ1v) is 8.26. The third-order valence-electron chi connectivity index (χ3n) is 3.43. The van der Waals surface area contributed by atoms with Crippen LogP contribution in [0.1, 0.15) is 10.6 Å². The fourth-order valence-electron chi connectivity index (χ4n) is 2.28. The van der Waals surface area contributed by atoms with Crippen molar-refractivity contribution >= 4 is 45.6 Å². The minimum absolute atomic E-state index is 0.455. The molecule has 120 valence electrons. The number of rotatable bonds is 2. The average Bonchev–Trinajstić information content (AvgIpc) is 2.88. The fourth-order valence-corrected chi connectivity index (χ4v) is 3.56. The molecule has 0 saturated heterocycles. The zero-order valence-electron chi connectivity index (χ0n) is 12.4. The Morgan fingerprint density at radius 1 is 1.30 bits per heavy atom. The Labute approximate surface area is 142 Å². The average molecular weight is 351 g/mol. The SMILES string of the molecule is CN1CCc2nc(NC(=O)C(=O)Nc3cccc(Cl)c3)sc2C1. The number of amides is 2. The molecule has 1 aliphatic heterocycles. The van der Waals surface area contributed by atoms with Crippen LogP contribution in [0.4, 0.5) is 10.8 Å². The Balaban J connectivity index is 1.64. The number of hydrogen-bond donors (Lipinski definition) is 2. The second-order valence-corrected chi connectivity index (χ2v) is 6.82. The predicted molar refractivity (Wildman–Crippen MR) is 90.9 cm³/mol. The lowest BCUT2D eigenvalue weighted by atomic mass is 10.2. The molecule has 0 atom stereocenters. The van der Waals surface area contributed by atoms with E-state index >= 15 is 0 Å². The first-order chi connectivity index (χ1) is 11.0. The van der Waals surface area contributed by atoms with Gasteiger partial charge in [-0.2, -0.15) is 0 Å². The summed E-state index contributed by atoms with van der Waals surface area (Å²) in [4.78, 5) is 31.6. The van der Waals surface area contributed by atoms with E-state index in [-0.39, 0.29) is 0 Å². The van der Waals surface area contributed by atoms with Crippen LogP contribution in [-0.4, -0.2) is 35.3 Å². The van der Waals surface area contributed by atoms with Crippen LogP contribution in [-0.2, 0) is 22.6 Å². The van der Waals surface area contributed by atoms with Gasteiger partial charge < -0.3 is 10.2 Å². The summed E-state index contributed by atoms with van der Waals surface area (Å²) >= 11 is 7.25. The van der Waals surface area contributed by atoms with E-state index in [9.17, 15) is 9.59 Å². The van der Waals surface area contributed by atoms with Crippen molar-refractivity contribution in [2.24, 2.45) is 0 Å². The molecule has 23 heavy (non-hydrogen) atoms. The number of hydrogen-bond acceptors (Lipinski definition) is 5. The van der Waals surface area contributed by atoms with Crippen molar-refractivity contribution in [2.45, 2.75) is 13.0 Å². The zero-order chi connectivity index (χ0) is 16.4. The van der Waals surface area contributed by atoms with Crippen molar-refractivity contribution in [3.63, 3.8) is 0 Å². The molecule has 0 saturated carbocycles. The predicted octanol–water partition coefficient (Wildman–Crippen LogP) is 2.36. The number of nitrogens with zero attached hydrogens (tertiary/aromatic N) is 2. The van der Waals surface area contributed by atoms with Gasteiger partial charge in [0.1, 0.15) is 0 Å². The molecule has 0 fully saturated rings. The molecule has 0 unspecified atom stereocenters.